The first-order chi connectivity index (χ1) is 14.5. The molecular weight excluding hydrogens is 384 g/mol. The highest BCUT2D eigenvalue weighted by atomic mass is 17.3. The summed E-state index contributed by atoms with van der Waals surface area (Å²) >= 11 is 0. The highest BCUT2D eigenvalue weighted by Gasteiger charge is 2.67. The van der Waals surface area contributed by atoms with Gasteiger partial charge in [0.2, 0.25) is 5.79 Å². The topological polar surface area (TPSA) is 63.2 Å². The molecule has 0 radical (unpaired) electrons. The fourth-order valence-corrected chi connectivity index (χ4v) is 6.07. The molecule has 30 heavy (non-hydrogen) atoms. The molecule has 5 aliphatic rings. The van der Waals surface area contributed by atoms with Crippen LogP contribution in [0.1, 0.15) is 69.2 Å². The van der Waals surface area contributed by atoms with Gasteiger partial charge in [0.1, 0.15) is 0 Å². The predicted octanol–water partition coefficient (Wildman–Crippen LogP) is 4.63. The third-order valence-corrected chi connectivity index (χ3v) is 7.71. The number of ether oxygens (including phenoxy) is 3. The summed E-state index contributed by atoms with van der Waals surface area (Å²) < 4.78 is 18.3. The number of hydrogen-bond acceptors (Lipinski definition) is 6. The van der Waals surface area contributed by atoms with E-state index in [1.54, 1.807) is 12.1 Å². The Labute approximate surface area is 178 Å². The molecule has 6 rings (SSSR count). The van der Waals surface area contributed by atoms with Crippen LogP contribution in [-0.2, 0) is 24.0 Å². The molecule has 1 aromatic rings. The summed E-state index contributed by atoms with van der Waals surface area (Å²) in [5.74, 6) is 0.109. The van der Waals surface area contributed by atoms with E-state index < -0.39 is 11.4 Å². The second-order valence-corrected chi connectivity index (χ2v) is 9.55. The van der Waals surface area contributed by atoms with Crippen LogP contribution in [-0.4, -0.2) is 36.4 Å². The van der Waals surface area contributed by atoms with Crippen LogP contribution in [0.25, 0.3) is 0 Å². The van der Waals surface area contributed by atoms with Crippen molar-refractivity contribution >= 4 is 5.97 Å². The number of rotatable bonds is 5. The first-order valence-electron chi connectivity index (χ1n) is 11.4. The molecule has 4 aliphatic heterocycles. The zero-order chi connectivity index (χ0) is 20.8. The van der Waals surface area contributed by atoms with Gasteiger partial charge in [-0.1, -0.05) is 31.5 Å². The molecule has 7 atom stereocenters. The van der Waals surface area contributed by atoms with E-state index >= 15 is 0 Å². The summed E-state index contributed by atoms with van der Waals surface area (Å²) in [5.41, 5.74) is 0.104. The predicted molar refractivity (Wildman–Crippen MR) is 108 cm³/mol. The molecule has 164 valence electrons. The molecule has 4 saturated heterocycles. The summed E-state index contributed by atoms with van der Waals surface area (Å²) in [6, 6.07) is 9.12. The quantitative estimate of drug-likeness (QED) is 0.396. The summed E-state index contributed by atoms with van der Waals surface area (Å²) in [5, 5.41) is 0. The van der Waals surface area contributed by atoms with Crippen molar-refractivity contribution in [1.29, 1.82) is 0 Å². The molecule has 6 nitrogen and oxygen atoms in total. The van der Waals surface area contributed by atoms with E-state index in [4.69, 9.17) is 24.0 Å². The van der Waals surface area contributed by atoms with Gasteiger partial charge in [0.15, 0.2) is 11.9 Å². The maximum absolute atomic E-state index is 12.1. The van der Waals surface area contributed by atoms with Gasteiger partial charge < -0.3 is 14.2 Å². The Morgan fingerprint density at radius 1 is 1.17 bits per heavy atom. The summed E-state index contributed by atoms with van der Waals surface area (Å²) in [6.45, 7) is 4.61. The second-order valence-electron chi connectivity index (χ2n) is 9.55. The van der Waals surface area contributed by atoms with Gasteiger partial charge in [-0.25, -0.2) is 14.6 Å². The van der Waals surface area contributed by atoms with Crippen molar-refractivity contribution in [3.63, 3.8) is 0 Å². The smallest absolute Gasteiger partial charge is 0.338 e. The van der Waals surface area contributed by atoms with E-state index in [1.807, 2.05) is 25.1 Å². The average molecular weight is 417 g/mol. The number of hydrogen-bond donors (Lipinski definition) is 0. The first-order valence-corrected chi connectivity index (χ1v) is 11.4. The molecule has 1 aromatic carbocycles. The normalized spacial score (nSPS) is 42.3. The van der Waals surface area contributed by atoms with Crippen molar-refractivity contribution in [1.82, 2.24) is 0 Å². The van der Waals surface area contributed by atoms with E-state index in [-0.39, 0.29) is 18.4 Å². The maximum Gasteiger partial charge on any atom is 0.338 e. The van der Waals surface area contributed by atoms with Crippen molar-refractivity contribution < 1.29 is 28.8 Å². The standard InChI is InChI=1S/C24H32O6/c1-16-19-11-6-10-18-13-14-23(2)28-22(24(18,19)30-29-23)27-20(16)12-7-15-26-21(25)17-8-4-3-5-9-17/h3-5,8-9,16,18-20,22H,6-7,10-15H2,1-2H3/t16-,18-,19+,20-,22?,23+,24-/m1/s1. The average Bonchev–Trinajstić information content (AvgIpc) is 2.99. The zero-order valence-electron chi connectivity index (χ0n) is 17.9. The lowest BCUT2D eigenvalue weighted by molar-refractivity contribution is -0.569. The fraction of sp³-hybridized carbons (Fsp3) is 0.708. The van der Waals surface area contributed by atoms with Crippen molar-refractivity contribution in [2.24, 2.45) is 17.8 Å². The van der Waals surface area contributed by atoms with Crippen molar-refractivity contribution in [3.05, 3.63) is 35.9 Å². The first kappa shape index (κ1) is 20.4. The van der Waals surface area contributed by atoms with Crippen LogP contribution in [0.4, 0.5) is 0 Å². The number of fused-ring (bicyclic) bond motifs is 2. The third kappa shape index (κ3) is 3.38. The molecule has 0 aromatic heterocycles. The van der Waals surface area contributed by atoms with Crippen LogP contribution >= 0.6 is 0 Å². The van der Waals surface area contributed by atoms with Crippen LogP contribution < -0.4 is 0 Å². The molecule has 1 saturated carbocycles. The monoisotopic (exact) mass is 416 g/mol. The molecule has 0 amide bonds. The van der Waals surface area contributed by atoms with Gasteiger partial charge in [-0.3, -0.25) is 0 Å². The molecule has 1 spiro atoms. The number of benzene rings is 1. The zero-order valence-corrected chi connectivity index (χ0v) is 17.9. The van der Waals surface area contributed by atoms with E-state index in [0.717, 1.165) is 38.5 Å². The highest BCUT2D eigenvalue weighted by Crippen LogP contribution is 2.59. The van der Waals surface area contributed by atoms with Crippen LogP contribution in [0.2, 0.25) is 0 Å². The van der Waals surface area contributed by atoms with Gasteiger partial charge >= 0.3 is 5.97 Å². The van der Waals surface area contributed by atoms with Gasteiger partial charge in [0.25, 0.3) is 0 Å². The SMILES string of the molecule is C[C@H]1[C@@H](CCCOC(=O)c2ccccc2)OC2O[C@]3(C)CC[C@H]4CCC[C@@H]1[C@@]24OO3. The summed E-state index contributed by atoms with van der Waals surface area (Å²) in [6.07, 6.45) is 6.63. The van der Waals surface area contributed by atoms with Crippen molar-refractivity contribution in [2.45, 2.75) is 82.6 Å². The Hall–Kier alpha value is -1.47. The Morgan fingerprint density at radius 2 is 2.00 bits per heavy atom. The lowest BCUT2D eigenvalue weighted by Gasteiger charge is -2.59. The fourth-order valence-electron chi connectivity index (χ4n) is 6.07. The molecule has 2 bridgehead atoms. The largest absolute Gasteiger partial charge is 0.462 e. The molecule has 1 aliphatic carbocycles. The van der Waals surface area contributed by atoms with E-state index in [1.165, 1.54) is 6.42 Å². The van der Waals surface area contributed by atoms with Crippen molar-refractivity contribution in [2.75, 3.05) is 6.61 Å². The van der Waals surface area contributed by atoms with E-state index in [9.17, 15) is 4.79 Å². The van der Waals surface area contributed by atoms with Gasteiger partial charge in [0, 0.05) is 12.3 Å². The molecule has 0 N–H and O–H groups in total. The summed E-state index contributed by atoms with van der Waals surface area (Å²) in [7, 11) is 0. The van der Waals surface area contributed by atoms with Crippen LogP contribution in [0, 0.1) is 17.8 Å². The van der Waals surface area contributed by atoms with Crippen LogP contribution in [0.5, 0.6) is 0 Å². The minimum atomic E-state index is -0.728. The molecule has 1 unspecified atom stereocenters. The second kappa shape index (κ2) is 7.90. The van der Waals surface area contributed by atoms with Crippen LogP contribution in [0.15, 0.2) is 30.3 Å². The number of carbonyl (C=O) groups excluding carboxylic acids is 1. The number of carbonyl (C=O) groups is 1. The minimum Gasteiger partial charge on any atom is -0.462 e. The molecule has 4 heterocycles. The van der Waals surface area contributed by atoms with Gasteiger partial charge in [0.05, 0.1) is 18.3 Å². The van der Waals surface area contributed by atoms with E-state index in [2.05, 4.69) is 6.92 Å². The minimum absolute atomic E-state index is 0.0614. The number of esters is 1. The summed E-state index contributed by atoms with van der Waals surface area (Å²) in [4.78, 5) is 24.1. The Balaban J connectivity index is 1.23. The molecule has 5 fully saturated rings. The highest BCUT2D eigenvalue weighted by molar-refractivity contribution is 5.89. The molecule has 6 heteroatoms. The van der Waals surface area contributed by atoms with Crippen LogP contribution in [0.3, 0.4) is 0 Å². The van der Waals surface area contributed by atoms with E-state index in [0.29, 0.717) is 29.9 Å². The Morgan fingerprint density at radius 3 is 2.83 bits per heavy atom. The Bertz CT molecular complexity index is 768. The van der Waals surface area contributed by atoms with Crippen molar-refractivity contribution in [3.8, 4) is 0 Å². The lowest BCUT2D eigenvalue weighted by atomic mass is 9.60. The van der Waals surface area contributed by atoms with Gasteiger partial charge in [-0.05, 0) is 63.0 Å². The molecular formula is C24H32O6. The maximum atomic E-state index is 12.1. The lowest BCUT2D eigenvalue weighted by Crippen LogP contribution is -2.69. The van der Waals surface area contributed by atoms with Gasteiger partial charge in [-0.2, -0.15) is 0 Å². The third-order valence-electron chi connectivity index (χ3n) is 7.71. The Kier molecular flexibility index (Phi) is 5.38. The van der Waals surface area contributed by atoms with Gasteiger partial charge in [-0.15, -0.1) is 0 Å².